The molecule has 1 aliphatic heterocycles. The summed E-state index contributed by atoms with van der Waals surface area (Å²) < 4.78 is 6.48. The standard InChI is InChI=1S/C30H47N3O3S/c1-31-21-25(20-23-10-4-3-5-11-23)32-29(34)33-17-9-12-24(22-33)30(35,16-6-7-18-36-2)27-13-8-14-28-26(27)15-19-37-28/h8,13-15,19,23-25,31,35H,3-7,9-12,16-18,20-22H2,1-2H3,(H,32,34)/t24-,25+,30+/m1/s1. The Bertz CT molecular complexity index is 976. The summed E-state index contributed by atoms with van der Waals surface area (Å²) in [7, 11) is 3.69. The van der Waals surface area contributed by atoms with Gasteiger partial charge in [0, 0.05) is 50.0 Å². The molecule has 206 valence electrons. The number of fused-ring (bicyclic) bond motifs is 1. The Labute approximate surface area is 227 Å². The maximum atomic E-state index is 13.5. The van der Waals surface area contributed by atoms with E-state index in [4.69, 9.17) is 4.74 Å². The van der Waals surface area contributed by atoms with Crippen LogP contribution >= 0.6 is 11.3 Å². The van der Waals surface area contributed by atoms with Gasteiger partial charge >= 0.3 is 6.03 Å². The maximum absolute atomic E-state index is 13.5. The van der Waals surface area contributed by atoms with Crippen LogP contribution in [0.4, 0.5) is 4.79 Å². The molecule has 2 amide bonds. The van der Waals surface area contributed by atoms with Crippen molar-refractivity contribution in [3.05, 3.63) is 35.2 Å². The Hall–Kier alpha value is -1.67. The molecule has 1 saturated heterocycles. The predicted molar refractivity (Wildman–Crippen MR) is 153 cm³/mol. The molecule has 0 bridgehead atoms. The molecular weight excluding hydrogens is 482 g/mol. The third-order valence-electron chi connectivity index (χ3n) is 8.62. The van der Waals surface area contributed by atoms with Gasteiger partial charge in [-0.3, -0.25) is 0 Å². The molecule has 0 radical (unpaired) electrons. The predicted octanol–water partition coefficient (Wildman–Crippen LogP) is 5.89. The summed E-state index contributed by atoms with van der Waals surface area (Å²) in [5.74, 6) is 0.714. The van der Waals surface area contributed by atoms with Crippen LogP contribution < -0.4 is 10.6 Å². The van der Waals surface area contributed by atoms with E-state index in [9.17, 15) is 9.90 Å². The van der Waals surface area contributed by atoms with Crippen LogP contribution in [0.1, 0.15) is 76.2 Å². The van der Waals surface area contributed by atoms with Crippen molar-refractivity contribution in [3.63, 3.8) is 0 Å². The van der Waals surface area contributed by atoms with Crippen molar-refractivity contribution < 1.29 is 14.6 Å². The lowest BCUT2D eigenvalue weighted by Crippen LogP contribution is -2.54. The molecule has 1 aliphatic carbocycles. The molecule has 0 spiro atoms. The molecule has 3 N–H and O–H groups in total. The Balaban J connectivity index is 1.48. The summed E-state index contributed by atoms with van der Waals surface area (Å²) in [5.41, 5.74) is 0.0426. The highest BCUT2D eigenvalue weighted by Crippen LogP contribution is 2.43. The summed E-state index contributed by atoms with van der Waals surface area (Å²) in [5, 5.41) is 22.3. The smallest absolute Gasteiger partial charge is 0.317 e. The van der Waals surface area contributed by atoms with E-state index >= 15 is 0 Å². The van der Waals surface area contributed by atoms with Gasteiger partial charge in [-0.05, 0) is 80.0 Å². The fraction of sp³-hybridized carbons (Fsp3) is 0.700. The monoisotopic (exact) mass is 529 g/mol. The van der Waals surface area contributed by atoms with Gasteiger partial charge in [-0.1, -0.05) is 44.2 Å². The molecular formula is C30H47N3O3S. The number of hydrogen-bond acceptors (Lipinski definition) is 5. The highest BCUT2D eigenvalue weighted by molar-refractivity contribution is 7.17. The first kappa shape index (κ1) is 28.3. The fourth-order valence-corrected chi connectivity index (χ4v) is 7.47. The van der Waals surface area contributed by atoms with Crippen molar-refractivity contribution in [2.45, 2.75) is 82.3 Å². The molecule has 2 fully saturated rings. The van der Waals surface area contributed by atoms with Crippen molar-refractivity contribution in [2.24, 2.45) is 11.8 Å². The molecule has 1 aromatic carbocycles. The van der Waals surface area contributed by atoms with Crippen LogP contribution in [0.25, 0.3) is 10.1 Å². The number of urea groups is 1. The SMILES string of the molecule is CNC[C@H](CC1CCCCC1)NC(=O)N1CCC[C@@H]([C@@](O)(CCCCOC)c2cccc3sccc23)C1. The van der Waals surface area contributed by atoms with E-state index in [1.807, 2.05) is 11.9 Å². The van der Waals surface area contributed by atoms with Crippen LogP contribution in [0.2, 0.25) is 0 Å². The van der Waals surface area contributed by atoms with Crippen LogP contribution in [-0.4, -0.2) is 62.5 Å². The minimum atomic E-state index is -0.972. The van der Waals surface area contributed by atoms with E-state index < -0.39 is 5.60 Å². The van der Waals surface area contributed by atoms with Gasteiger partial charge in [-0.15, -0.1) is 11.3 Å². The number of amides is 2. The van der Waals surface area contributed by atoms with E-state index in [1.165, 1.54) is 36.8 Å². The lowest BCUT2D eigenvalue weighted by Gasteiger charge is -2.43. The number of likely N-dealkylation sites (N-methyl/N-ethyl adjacent to an activating group) is 1. The summed E-state index contributed by atoms with van der Waals surface area (Å²) in [4.78, 5) is 15.5. The number of hydrogen-bond donors (Lipinski definition) is 3. The average molecular weight is 530 g/mol. The van der Waals surface area contributed by atoms with E-state index in [0.717, 1.165) is 56.1 Å². The second-order valence-electron chi connectivity index (χ2n) is 11.2. The van der Waals surface area contributed by atoms with Gasteiger partial charge in [0.05, 0.1) is 5.60 Å². The lowest BCUT2D eigenvalue weighted by molar-refractivity contribution is -0.0552. The molecule has 7 heteroatoms. The van der Waals surface area contributed by atoms with E-state index in [2.05, 4.69) is 40.3 Å². The minimum absolute atomic E-state index is 0.00106. The third kappa shape index (κ3) is 7.25. The molecule has 2 aromatic rings. The first-order valence-electron chi connectivity index (χ1n) is 14.4. The normalized spacial score (nSPS) is 21.6. The number of carbonyl (C=O) groups is 1. The van der Waals surface area contributed by atoms with E-state index in [1.54, 1.807) is 18.4 Å². The maximum Gasteiger partial charge on any atom is 0.317 e. The zero-order chi connectivity index (χ0) is 26.1. The zero-order valence-electron chi connectivity index (χ0n) is 22.8. The Morgan fingerprint density at radius 1 is 1.19 bits per heavy atom. The summed E-state index contributed by atoms with van der Waals surface area (Å²) in [6.45, 7) is 2.83. The molecule has 37 heavy (non-hydrogen) atoms. The van der Waals surface area contributed by atoms with Gasteiger partial charge in [-0.2, -0.15) is 0 Å². The molecule has 1 aromatic heterocycles. The van der Waals surface area contributed by atoms with E-state index in [-0.39, 0.29) is 18.0 Å². The van der Waals surface area contributed by atoms with Crippen LogP contribution in [0.5, 0.6) is 0 Å². The fourth-order valence-electron chi connectivity index (χ4n) is 6.65. The number of benzene rings is 1. The average Bonchev–Trinajstić information content (AvgIpc) is 3.41. The van der Waals surface area contributed by atoms with Gasteiger partial charge in [0.15, 0.2) is 0 Å². The lowest BCUT2D eigenvalue weighted by atomic mass is 9.73. The number of nitrogens with one attached hydrogen (secondary N) is 2. The van der Waals surface area contributed by atoms with Crippen LogP contribution in [-0.2, 0) is 10.3 Å². The molecule has 4 rings (SSSR count). The Morgan fingerprint density at radius 2 is 2.03 bits per heavy atom. The molecule has 6 nitrogen and oxygen atoms in total. The van der Waals surface area contributed by atoms with Gasteiger partial charge < -0.3 is 25.4 Å². The van der Waals surface area contributed by atoms with Gasteiger partial charge in [0.25, 0.3) is 0 Å². The van der Waals surface area contributed by atoms with Crippen molar-refractivity contribution in [3.8, 4) is 0 Å². The highest BCUT2D eigenvalue weighted by Gasteiger charge is 2.42. The van der Waals surface area contributed by atoms with Gasteiger partial charge in [0.1, 0.15) is 0 Å². The summed E-state index contributed by atoms with van der Waals surface area (Å²) >= 11 is 1.72. The summed E-state index contributed by atoms with van der Waals surface area (Å²) in [6, 6.07) is 8.59. The number of likely N-dealkylation sites (tertiary alicyclic amines) is 1. The second-order valence-corrected chi connectivity index (χ2v) is 12.2. The molecule has 0 unspecified atom stereocenters. The van der Waals surface area contributed by atoms with Gasteiger partial charge in [-0.25, -0.2) is 4.79 Å². The number of unbranched alkanes of at least 4 members (excludes halogenated alkanes) is 1. The number of thiophene rings is 1. The topological polar surface area (TPSA) is 73.8 Å². The first-order valence-corrected chi connectivity index (χ1v) is 15.3. The van der Waals surface area contributed by atoms with Crippen molar-refractivity contribution in [2.75, 3.05) is 40.4 Å². The first-order chi connectivity index (χ1) is 18.0. The van der Waals surface area contributed by atoms with Crippen LogP contribution in [0.15, 0.2) is 29.6 Å². The second kappa shape index (κ2) is 13.9. The number of carbonyl (C=O) groups excluding carboxylic acids is 1. The molecule has 1 saturated carbocycles. The number of aliphatic hydroxyl groups is 1. The van der Waals surface area contributed by atoms with Crippen molar-refractivity contribution >= 4 is 27.5 Å². The Kier molecular flexibility index (Phi) is 10.7. The number of ether oxygens (including phenoxy) is 1. The van der Waals surface area contributed by atoms with Crippen molar-refractivity contribution in [1.82, 2.24) is 15.5 Å². The Morgan fingerprint density at radius 3 is 2.81 bits per heavy atom. The van der Waals surface area contributed by atoms with Crippen LogP contribution in [0, 0.1) is 11.8 Å². The molecule has 3 atom stereocenters. The number of methoxy groups -OCH3 is 1. The number of rotatable bonds is 12. The number of piperidine rings is 1. The summed E-state index contributed by atoms with van der Waals surface area (Å²) in [6.07, 6.45) is 11.9. The highest BCUT2D eigenvalue weighted by atomic mass is 32.1. The molecule has 2 heterocycles. The van der Waals surface area contributed by atoms with E-state index in [0.29, 0.717) is 25.5 Å². The third-order valence-corrected chi connectivity index (χ3v) is 9.51. The van der Waals surface area contributed by atoms with Crippen molar-refractivity contribution in [1.29, 1.82) is 0 Å². The zero-order valence-corrected chi connectivity index (χ0v) is 23.7. The van der Waals surface area contributed by atoms with Gasteiger partial charge in [0.2, 0.25) is 0 Å². The largest absolute Gasteiger partial charge is 0.385 e. The number of nitrogens with zero attached hydrogens (tertiary/aromatic N) is 1. The quantitative estimate of drug-likeness (QED) is 0.300. The van der Waals surface area contributed by atoms with Crippen LogP contribution in [0.3, 0.4) is 0 Å². The minimum Gasteiger partial charge on any atom is -0.385 e. The molecule has 2 aliphatic rings.